The second-order valence-corrected chi connectivity index (χ2v) is 7.34. The van der Waals surface area contributed by atoms with Gasteiger partial charge in [-0.1, -0.05) is 56.9 Å². The molecule has 1 rings (SSSR count). The van der Waals surface area contributed by atoms with Crippen molar-refractivity contribution in [3.05, 3.63) is 34.4 Å². The Hall–Kier alpha value is -1.16. The summed E-state index contributed by atoms with van der Waals surface area (Å²) in [5.41, 5.74) is 0.879. The van der Waals surface area contributed by atoms with Gasteiger partial charge >= 0.3 is 5.97 Å². The first-order valence-electron chi connectivity index (χ1n) is 9.45. The van der Waals surface area contributed by atoms with E-state index in [1.54, 1.807) is 0 Å². The summed E-state index contributed by atoms with van der Waals surface area (Å²) in [6, 6.07) is 0. The quantitative estimate of drug-likeness (QED) is 0.170. The summed E-state index contributed by atoms with van der Waals surface area (Å²) in [6.45, 7) is 2.22. The van der Waals surface area contributed by atoms with Crippen LogP contribution in [-0.4, -0.2) is 18.9 Å². The lowest BCUT2D eigenvalue weighted by molar-refractivity contribution is -0.140. The third-order valence-corrected chi connectivity index (χ3v) is 5.03. The molecule has 0 fully saturated rings. The number of methoxy groups -OCH3 is 1. The van der Waals surface area contributed by atoms with E-state index in [1.165, 1.54) is 32.8 Å². The number of ether oxygens (including phenoxy) is 1. The average molecular weight is 411 g/mol. The second kappa shape index (κ2) is 13.1. The average Bonchev–Trinajstić information content (AvgIpc) is 2.88. The minimum Gasteiger partial charge on any atom is -0.469 e. The Balaban J connectivity index is 2.39. The Bertz CT molecular complexity index is 517. The van der Waals surface area contributed by atoms with Crippen LogP contribution in [0.15, 0.2) is 34.4 Å². The van der Waals surface area contributed by atoms with Gasteiger partial charge in [-0.25, -0.2) is 0 Å². The van der Waals surface area contributed by atoms with Crippen molar-refractivity contribution in [3.8, 4) is 0 Å². The van der Waals surface area contributed by atoms with E-state index < -0.39 is 0 Å². The highest BCUT2D eigenvalue weighted by Gasteiger charge is 2.26. The third-order valence-electron chi connectivity index (χ3n) is 4.41. The summed E-state index contributed by atoms with van der Waals surface area (Å²) < 4.78 is 5.30. The van der Waals surface area contributed by atoms with Gasteiger partial charge in [0.25, 0.3) is 0 Å². The third kappa shape index (κ3) is 8.66. The molecule has 0 aliphatic heterocycles. The number of esters is 1. The molecule has 0 radical (unpaired) electrons. The van der Waals surface area contributed by atoms with Crippen LogP contribution >= 0.6 is 15.9 Å². The largest absolute Gasteiger partial charge is 0.469 e. The summed E-state index contributed by atoms with van der Waals surface area (Å²) in [5, 5.41) is 0. The molecule has 25 heavy (non-hydrogen) atoms. The SMILES string of the molecule is CCCCCCC=CC1C=C(Br)C(=O)C1=CCCCCCC(=O)OC. The molecule has 0 amide bonds. The van der Waals surface area contributed by atoms with Gasteiger partial charge < -0.3 is 4.74 Å². The molecule has 0 aromatic carbocycles. The smallest absolute Gasteiger partial charge is 0.305 e. The van der Waals surface area contributed by atoms with Gasteiger partial charge in [0.15, 0.2) is 5.78 Å². The maximum Gasteiger partial charge on any atom is 0.305 e. The Morgan fingerprint density at radius 2 is 1.88 bits per heavy atom. The van der Waals surface area contributed by atoms with Crippen molar-refractivity contribution in [1.29, 1.82) is 0 Å². The predicted octanol–water partition coefficient (Wildman–Crippen LogP) is 6.04. The first kappa shape index (κ1) is 21.9. The van der Waals surface area contributed by atoms with Crippen LogP contribution in [0.2, 0.25) is 0 Å². The fraction of sp³-hybridized carbons (Fsp3) is 0.619. The van der Waals surface area contributed by atoms with Crippen molar-refractivity contribution >= 4 is 27.7 Å². The fourth-order valence-corrected chi connectivity index (χ4v) is 3.40. The van der Waals surface area contributed by atoms with Crippen molar-refractivity contribution in [2.45, 2.75) is 71.1 Å². The number of halogens is 1. The van der Waals surface area contributed by atoms with Crippen LogP contribution in [0.25, 0.3) is 0 Å². The Morgan fingerprint density at radius 1 is 1.16 bits per heavy atom. The number of rotatable bonds is 12. The minimum atomic E-state index is -0.151. The van der Waals surface area contributed by atoms with E-state index in [-0.39, 0.29) is 17.7 Å². The van der Waals surface area contributed by atoms with Crippen molar-refractivity contribution < 1.29 is 14.3 Å². The van der Waals surface area contributed by atoms with E-state index >= 15 is 0 Å². The Kier molecular flexibility index (Phi) is 11.5. The van der Waals surface area contributed by atoms with E-state index in [2.05, 4.69) is 45.8 Å². The van der Waals surface area contributed by atoms with E-state index in [4.69, 9.17) is 0 Å². The van der Waals surface area contributed by atoms with Gasteiger partial charge in [-0.3, -0.25) is 9.59 Å². The standard InChI is InChI=1S/C21H31BrO3/c1-3-4-5-6-7-10-13-17-16-19(22)21(24)18(17)14-11-8-9-12-15-20(23)25-2/h10,13-14,16-17H,3-9,11-12,15H2,1-2H3. The number of carbonyl (C=O) groups is 2. The summed E-state index contributed by atoms with van der Waals surface area (Å²) in [5.74, 6) is 0.0555. The number of carbonyl (C=O) groups excluding carboxylic acids is 2. The lowest BCUT2D eigenvalue weighted by atomic mass is 9.98. The molecule has 3 nitrogen and oxygen atoms in total. The van der Waals surface area contributed by atoms with Gasteiger partial charge in [0.05, 0.1) is 11.6 Å². The van der Waals surface area contributed by atoms with Crippen LogP contribution in [0.1, 0.15) is 71.1 Å². The molecule has 1 atom stereocenters. The maximum absolute atomic E-state index is 12.3. The van der Waals surface area contributed by atoms with Gasteiger partial charge in [0.2, 0.25) is 0 Å². The number of ketones is 1. The van der Waals surface area contributed by atoms with Crippen LogP contribution in [0.4, 0.5) is 0 Å². The normalized spacial score (nSPS) is 19.0. The lowest BCUT2D eigenvalue weighted by Gasteiger charge is -2.05. The van der Waals surface area contributed by atoms with Gasteiger partial charge in [-0.2, -0.15) is 0 Å². The first-order valence-corrected chi connectivity index (χ1v) is 10.2. The monoisotopic (exact) mass is 410 g/mol. The molecule has 0 saturated heterocycles. The molecule has 0 bridgehead atoms. The van der Waals surface area contributed by atoms with Crippen molar-refractivity contribution in [1.82, 2.24) is 0 Å². The number of hydrogen-bond acceptors (Lipinski definition) is 3. The fourth-order valence-electron chi connectivity index (χ4n) is 2.88. The van der Waals surface area contributed by atoms with Gasteiger partial charge in [-0.15, -0.1) is 0 Å². The minimum absolute atomic E-state index is 0.100. The topological polar surface area (TPSA) is 43.4 Å². The molecule has 1 aliphatic rings. The summed E-state index contributed by atoms with van der Waals surface area (Å²) in [6.07, 6.45) is 18.7. The Labute approximate surface area is 160 Å². The Morgan fingerprint density at radius 3 is 2.60 bits per heavy atom. The van der Waals surface area contributed by atoms with E-state index in [9.17, 15) is 9.59 Å². The summed E-state index contributed by atoms with van der Waals surface area (Å²) in [7, 11) is 1.42. The molecule has 0 heterocycles. The molecule has 0 N–H and O–H groups in total. The highest BCUT2D eigenvalue weighted by Crippen LogP contribution is 2.32. The predicted molar refractivity (Wildman–Crippen MR) is 107 cm³/mol. The van der Waals surface area contributed by atoms with Crippen LogP contribution in [0.3, 0.4) is 0 Å². The van der Waals surface area contributed by atoms with E-state index in [1.807, 2.05) is 6.08 Å². The number of allylic oxidation sites excluding steroid dienone is 6. The first-order chi connectivity index (χ1) is 12.1. The molecule has 0 aromatic rings. The van der Waals surface area contributed by atoms with Crippen LogP contribution in [0.5, 0.6) is 0 Å². The molecule has 1 aliphatic carbocycles. The van der Waals surface area contributed by atoms with Crippen LogP contribution in [0, 0.1) is 5.92 Å². The number of hydrogen-bond donors (Lipinski definition) is 0. The molecular formula is C21H31BrO3. The van der Waals surface area contributed by atoms with Gasteiger partial charge in [0.1, 0.15) is 0 Å². The highest BCUT2D eigenvalue weighted by atomic mass is 79.9. The molecule has 0 saturated carbocycles. The van der Waals surface area contributed by atoms with E-state index in [0.29, 0.717) is 10.9 Å². The van der Waals surface area contributed by atoms with Crippen molar-refractivity contribution in [3.63, 3.8) is 0 Å². The zero-order chi connectivity index (χ0) is 18.5. The summed E-state index contributed by atoms with van der Waals surface area (Å²) in [4.78, 5) is 23.3. The zero-order valence-electron chi connectivity index (χ0n) is 15.6. The molecule has 0 spiro atoms. The molecule has 140 valence electrons. The number of Topliss-reactive ketones (excluding diaryl/α,β-unsaturated/α-hetero) is 1. The maximum atomic E-state index is 12.3. The second-order valence-electron chi connectivity index (χ2n) is 6.48. The van der Waals surface area contributed by atoms with Crippen molar-refractivity contribution in [2.24, 2.45) is 5.92 Å². The summed E-state index contributed by atoms with van der Waals surface area (Å²) >= 11 is 3.37. The molecule has 1 unspecified atom stereocenters. The van der Waals surface area contributed by atoms with Crippen molar-refractivity contribution in [2.75, 3.05) is 7.11 Å². The van der Waals surface area contributed by atoms with Gasteiger partial charge in [0, 0.05) is 17.9 Å². The highest BCUT2D eigenvalue weighted by molar-refractivity contribution is 9.12. The molecule has 0 aromatic heterocycles. The lowest BCUT2D eigenvalue weighted by Crippen LogP contribution is -2.02. The zero-order valence-corrected chi connectivity index (χ0v) is 17.1. The molecular weight excluding hydrogens is 380 g/mol. The van der Waals surface area contributed by atoms with E-state index in [0.717, 1.165) is 37.7 Å². The number of unbranched alkanes of at least 4 members (excludes halogenated alkanes) is 7. The van der Waals surface area contributed by atoms with Crippen LogP contribution < -0.4 is 0 Å². The van der Waals surface area contributed by atoms with Gasteiger partial charge in [-0.05, 0) is 48.0 Å². The molecule has 4 heteroatoms. The van der Waals surface area contributed by atoms with Crippen LogP contribution in [-0.2, 0) is 14.3 Å².